The average molecular weight is 248 g/mol. The molecule has 0 amide bonds. The molecule has 96 valence electrons. The molecule has 0 N–H and O–H groups in total. The number of benzene rings is 1. The standard InChI is InChI=1S/C14H16O4/c1-2-3-9-14(11-7-5-4-6-8-11)17-12(15)10-13(16)18-14/h4-8H,2-3,9-10H2,1H3. The highest BCUT2D eigenvalue weighted by molar-refractivity contribution is 5.93. The Bertz CT molecular complexity index is 422. The highest BCUT2D eigenvalue weighted by atomic mass is 16.7. The lowest BCUT2D eigenvalue weighted by Crippen LogP contribution is -2.42. The van der Waals surface area contributed by atoms with Gasteiger partial charge in [0.05, 0.1) is 0 Å². The predicted octanol–water partition coefficient (Wildman–Crippen LogP) is 2.52. The van der Waals surface area contributed by atoms with Gasteiger partial charge in [0.1, 0.15) is 6.42 Å². The quantitative estimate of drug-likeness (QED) is 0.607. The smallest absolute Gasteiger partial charge is 0.320 e. The van der Waals surface area contributed by atoms with Crippen LogP contribution in [0.2, 0.25) is 0 Å². The lowest BCUT2D eigenvalue weighted by Gasteiger charge is -2.36. The highest BCUT2D eigenvalue weighted by Gasteiger charge is 2.44. The molecule has 1 aromatic rings. The zero-order chi connectivity index (χ0) is 13.0. The van der Waals surface area contributed by atoms with E-state index in [-0.39, 0.29) is 6.42 Å². The van der Waals surface area contributed by atoms with Crippen molar-refractivity contribution < 1.29 is 19.1 Å². The molecule has 1 heterocycles. The maximum atomic E-state index is 11.5. The minimum absolute atomic E-state index is 0.305. The lowest BCUT2D eigenvalue weighted by atomic mass is 9.98. The zero-order valence-electron chi connectivity index (χ0n) is 10.3. The van der Waals surface area contributed by atoms with E-state index in [1.165, 1.54) is 0 Å². The summed E-state index contributed by atoms with van der Waals surface area (Å²) in [5.74, 6) is -2.28. The fourth-order valence-corrected chi connectivity index (χ4v) is 2.04. The van der Waals surface area contributed by atoms with E-state index >= 15 is 0 Å². The SMILES string of the molecule is CCCCC1(c2ccccc2)OC(=O)CC(=O)O1. The number of ether oxygens (including phenoxy) is 2. The second-order valence-corrected chi connectivity index (χ2v) is 4.35. The number of carbonyl (C=O) groups is 2. The van der Waals surface area contributed by atoms with Crippen LogP contribution in [-0.2, 0) is 24.8 Å². The molecule has 4 heteroatoms. The summed E-state index contributed by atoms with van der Waals surface area (Å²) in [4.78, 5) is 23.0. The first kappa shape index (κ1) is 12.6. The van der Waals surface area contributed by atoms with Gasteiger partial charge in [0.25, 0.3) is 5.79 Å². The number of carbonyl (C=O) groups excluding carboxylic acids is 2. The van der Waals surface area contributed by atoms with Crippen molar-refractivity contribution in [2.45, 2.75) is 38.4 Å². The van der Waals surface area contributed by atoms with Crippen molar-refractivity contribution in [3.05, 3.63) is 35.9 Å². The van der Waals surface area contributed by atoms with Gasteiger partial charge in [0.2, 0.25) is 0 Å². The van der Waals surface area contributed by atoms with Crippen LogP contribution in [-0.4, -0.2) is 11.9 Å². The molecule has 18 heavy (non-hydrogen) atoms. The van der Waals surface area contributed by atoms with Gasteiger partial charge >= 0.3 is 11.9 Å². The van der Waals surface area contributed by atoms with Gasteiger partial charge in [-0.2, -0.15) is 0 Å². The van der Waals surface area contributed by atoms with Crippen molar-refractivity contribution in [3.63, 3.8) is 0 Å². The van der Waals surface area contributed by atoms with Crippen LogP contribution in [0.1, 0.15) is 38.2 Å². The van der Waals surface area contributed by atoms with Gasteiger partial charge in [-0.05, 0) is 6.42 Å². The number of hydrogen-bond donors (Lipinski definition) is 0. The molecule has 1 aromatic carbocycles. The van der Waals surface area contributed by atoms with E-state index in [9.17, 15) is 9.59 Å². The molecule has 1 aliphatic rings. The number of rotatable bonds is 4. The van der Waals surface area contributed by atoms with Crippen molar-refractivity contribution in [1.29, 1.82) is 0 Å². The number of unbranched alkanes of at least 4 members (excludes halogenated alkanes) is 1. The first-order valence-electron chi connectivity index (χ1n) is 6.15. The summed E-state index contributed by atoms with van der Waals surface area (Å²) in [6.45, 7) is 2.03. The third-order valence-corrected chi connectivity index (χ3v) is 2.92. The molecule has 0 atom stereocenters. The average Bonchev–Trinajstić information content (AvgIpc) is 2.36. The van der Waals surface area contributed by atoms with Crippen molar-refractivity contribution >= 4 is 11.9 Å². The summed E-state index contributed by atoms with van der Waals surface area (Å²) in [7, 11) is 0. The van der Waals surface area contributed by atoms with E-state index in [0.29, 0.717) is 12.0 Å². The maximum Gasteiger partial charge on any atom is 0.320 e. The fraction of sp³-hybridized carbons (Fsp3) is 0.429. The molecule has 1 saturated heterocycles. The van der Waals surface area contributed by atoms with Crippen molar-refractivity contribution in [3.8, 4) is 0 Å². The summed E-state index contributed by atoms with van der Waals surface area (Å²) in [6.07, 6.45) is 1.94. The van der Waals surface area contributed by atoms with Gasteiger partial charge in [0.15, 0.2) is 0 Å². The van der Waals surface area contributed by atoms with Gasteiger partial charge < -0.3 is 9.47 Å². The van der Waals surface area contributed by atoms with Crippen LogP contribution in [0.15, 0.2) is 30.3 Å². The molecular weight excluding hydrogens is 232 g/mol. The Hall–Kier alpha value is -1.84. The summed E-state index contributed by atoms with van der Waals surface area (Å²) in [5.41, 5.74) is 0.708. The Labute approximate surface area is 106 Å². The van der Waals surface area contributed by atoms with Crippen LogP contribution >= 0.6 is 0 Å². The third-order valence-electron chi connectivity index (χ3n) is 2.92. The Kier molecular flexibility index (Phi) is 3.65. The molecule has 0 aliphatic carbocycles. The van der Waals surface area contributed by atoms with Crippen LogP contribution in [0.4, 0.5) is 0 Å². The van der Waals surface area contributed by atoms with Crippen molar-refractivity contribution in [1.82, 2.24) is 0 Å². The summed E-state index contributed by atoms with van der Waals surface area (Å²) < 4.78 is 10.7. The Morgan fingerprint density at radius 2 is 1.72 bits per heavy atom. The molecule has 0 saturated carbocycles. The van der Waals surface area contributed by atoms with Crippen molar-refractivity contribution in [2.24, 2.45) is 0 Å². The van der Waals surface area contributed by atoms with Gasteiger partial charge in [-0.25, -0.2) is 0 Å². The number of hydrogen-bond acceptors (Lipinski definition) is 4. The van der Waals surface area contributed by atoms with Crippen LogP contribution in [0, 0.1) is 0 Å². The van der Waals surface area contributed by atoms with Gasteiger partial charge in [0, 0.05) is 12.0 Å². The molecular formula is C14H16O4. The highest BCUT2D eigenvalue weighted by Crippen LogP contribution is 2.36. The molecule has 0 unspecified atom stereocenters. The van der Waals surface area contributed by atoms with Crippen molar-refractivity contribution in [2.75, 3.05) is 0 Å². The van der Waals surface area contributed by atoms with E-state index < -0.39 is 17.7 Å². The van der Waals surface area contributed by atoms with Crippen LogP contribution in [0.25, 0.3) is 0 Å². The zero-order valence-corrected chi connectivity index (χ0v) is 10.3. The van der Waals surface area contributed by atoms with Crippen LogP contribution in [0.3, 0.4) is 0 Å². The summed E-state index contributed by atoms with van der Waals surface area (Å²) in [6, 6.07) is 9.14. The Balaban J connectivity index is 2.33. The molecule has 1 aliphatic heterocycles. The summed E-state index contributed by atoms with van der Waals surface area (Å²) >= 11 is 0. The van der Waals surface area contributed by atoms with E-state index in [1.54, 1.807) is 0 Å². The van der Waals surface area contributed by atoms with Crippen LogP contribution in [0.5, 0.6) is 0 Å². The van der Waals surface area contributed by atoms with E-state index in [0.717, 1.165) is 12.8 Å². The molecule has 0 radical (unpaired) electrons. The van der Waals surface area contributed by atoms with E-state index in [4.69, 9.17) is 9.47 Å². The third kappa shape index (κ3) is 2.53. The summed E-state index contributed by atoms with van der Waals surface area (Å²) in [5, 5.41) is 0. The molecule has 4 nitrogen and oxygen atoms in total. The minimum atomic E-state index is -1.23. The van der Waals surface area contributed by atoms with E-state index in [1.807, 2.05) is 37.3 Å². The topological polar surface area (TPSA) is 52.6 Å². The minimum Gasteiger partial charge on any atom is -0.417 e. The largest absolute Gasteiger partial charge is 0.417 e. The first-order valence-corrected chi connectivity index (χ1v) is 6.15. The fourth-order valence-electron chi connectivity index (χ4n) is 2.04. The molecule has 0 bridgehead atoms. The lowest BCUT2D eigenvalue weighted by molar-refractivity contribution is -0.252. The molecule has 0 spiro atoms. The normalized spacial score (nSPS) is 18.1. The molecule has 2 rings (SSSR count). The second kappa shape index (κ2) is 5.21. The molecule has 1 fully saturated rings. The number of cyclic esters (lactones) is 2. The maximum absolute atomic E-state index is 11.5. The number of esters is 2. The van der Waals surface area contributed by atoms with Gasteiger partial charge in [-0.1, -0.05) is 43.7 Å². The van der Waals surface area contributed by atoms with E-state index in [2.05, 4.69) is 0 Å². The molecule has 0 aromatic heterocycles. The first-order chi connectivity index (χ1) is 8.66. The second-order valence-electron chi connectivity index (χ2n) is 4.35. The van der Waals surface area contributed by atoms with Gasteiger partial charge in [-0.3, -0.25) is 9.59 Å². The monoisotopic (exact) mass is 248 g/mol. The van der Waals surface area contributed by atoms with Crippen LogP contribution < -0.4 is 0 Å². The Morgan fingerprint density at radius 3 is 2.28 bits per heavy atom. The predicted molar refractivity (Wildman–Crippen MR) is 64.4 cm³/mol. The Morgan fingerprint density at radius 1 is 1.11 bits per heavy atom. The van der Waals surface area contributed by atoms with Gasteiger partial charge in [-0.15, -0.1) is 0 Å².